The zero-order valence-corrected chi connectivity index (χ0v) is 11.0. The maximum atomic E-state index is 13.7. The number of carbonyl (C=O) groups is 1. The monoisotopic (exact) mass is 288 g/mol. The van der Waals surface area contributed by atoms with Gasteiger partial charge in [-0.2, -0.15) is 5.26 Å². The first-order chi connectivity index (χ1) is 9.61. The van der Waals surface area contributed by atoms with Gasteiger partial charge in [-0.05, 0) is 17.7 Å². The molecule has 0 bridgehead atoms. The summed E-state index contributed by atoms with van der Waals surface area (Å²) in [6, 6.07) is 6.03. The van der Waals surface area contributed by atoms with E-state index in [1.165, 1.54) is 30.1 Å². The Morgan fingerprint density at radius 3 is 3.05 bits per heavy atom. The van der Waals surface area contributed by atoms with E-state index in [0.717, 1.165) is 0 Å². The van der Waals surface area contributed by atoms with E-state index in [0.29, 0.717) is 22.2 Å². The molecule has 1 aromatic heterocycles. The summed E-state index contributed by atoms with van der Waals surface area (Å²) in [4.78, 5) is 15.5. The Morgan fingerprint density at radius 2 is 2.40 bits per heavy atom. The number of amides is 1. The van der Waals surface area contributed by atoms with Gasteiger partial charge in [0.15, 0.2) is 5.16 Å². The molecule has 3 rings (SSSR count). The Balaban J connectivity index is 2.07. The minimum atomic E-state index is -0.566. The van der Waals surface area contributed by atoms with Gasteiger partial charge in [-0.15, -0.1) is 0 Å². The molecule has 7 heteroatoms. The third-order valence-electron chi connectivity index (χ3n) is 3.20. The summed E-state index contributed by atoms with van der Waals surface area (Å²) in [6.45, 7) is 0. The summed E-state index contributed by atoms with van der Waals surface area (Å²) in [5.41, 5.74) is 6.31. The molecular formula is C13H9FN4OS. The number of nitrogens with zero attached hydrogens (tertiary/aromatic N) is 3. The SMILES string of the molecule is N#Cc1ccc(C2CSc3ncc(C(N)=O)n32)cc1F. The van der Waals surface area contributed by atoms with E-state index >= 15 is 0 Å². The highest BCUT2D eigenvalue weighted by molar-refractivity contribution is 7.99. The van der Waals surface area contributed by atoms with Crippen molar-refractivity contribution < 1.29 is 9.18 Å². The number of nitrogens with two attached hydrogens (primary N) is 1. The van der Waals surface area contributed by atoms with Crippen LogP contribution in [-0.2, 0) is 0 Å². The molecule has 2 N–H and O–H groups in total. The molecule has 0 spiro atoms. The molecule has 0 fully saturated rings. The van der Waals surface area contributed by atoms with Crippen LogP contribution >= 0.6 is 11.8 Å². The number of hydrogen-bond donors (Lipinski definition) is 1. The first-order valence-corrected chi connectivity index (χ1v) is 6.79. The summed E-state index contributed by atoms with van der Waals surface area (Å²) in [5, 5.41) is 9.43. The molecule has 5 nitrogen and oxygen atoms in total. The van der Waals surface area contributed by atoms with Crippen molar-refractivity contribution in [2.24, 2.45) is 5.73 Å². The van der Waals surface area contributed by atoms with Gasteiger partial charge in [0.1, 0.15) is 17.6 Å². The Labute approximate surface area is 118 Å². The third-order valence-corrected chi connectivity index (χ3v) is 4.24. The molecule has 100 valence electrons. The van der Waals surface area contributed by atoms with Gasteiger partial charge in [0.2, 0.25) is 0 Å². The molecule has 1 atom stereocenters. The topological polar surface area (TPSA) is 84.7 Å². The standard InChI is InChI=1S/C13H9FN4OS/c14-9-3-7(1-2-8(9)4-15)11-6-20-13-17-5-10(12(16)19)18(11)13/h1-3,5,11H,6H2,(H2,16,19). The molecule has 0 saturated heterocycles. The Morgan fingerprint density at radius 1 is 1.60 bits per heavy atom. The number of carbonyl (C=O) groups excluding carboxylic acids is 1. The van der Waals surface area contributed by atoms with Gasteiger partial charge >= 0.3 is 0 Å². The summed E-state index contributed by atoms with van der Waals surface area (Å²) >= 11 is 1.48. The molecule has 1 amide bonds. The van der Waals surface area contributed by atoms with Gasteiger partial charge in [0.05, 0.1) is 17.8 Å². The molecule has 1 aliphatic heterocycles. The van der Waals surface area contributed by atoms with Gasteiger partial charge in [-0.1, -0.05) is 17.8 Å². The van der Waals surface area contributed by atoms with E-state index in [4.69, 9.17) is 11.0 Å². The van der Waals surface area contributed by atoms with E-state index in [1.54, 1.807) is 16.7 Å². The first-order valence-electron chi connectivity index (χ1n) is 5.81. The predicted octanol–water partition coefficient (Wildman–Crippen LogP) is 1.69. The Hall–Kier alpha value is -2.33. The van der Waals surface area contributed by atoms with Crippen molar-refractivity contribution in [3.05, 3.63) is 47.0 Å². The van der Waals surface area contributed by atoms with Crippen LogP contribution in [-0.4, -0.2) is 21.2 Å². The predicted molar refractivity (Wildman–Crippen MR) is 70.7 cm³/mol. The van der Waals surface area contributed by atoms with Crippen molar-refractivity contribution in [3.8, 4) is 6.07 Å². The van der Waals surface area contributed by atoms with Crippen molar-refractivity contribution >= 4 is 17.7 Å². The molecule has 1 unspecified atom stereocenters. The van der Waals surface area contributed by atoms with Crippen LogP contribution in [0.1, 0.15) is 27.7 Å². The number of aromatic nitrogens is 2. The highest BCUT2D eigenvalue weighted by atomic mass is 32.2. The van der Waals surface area contributed by atoms with Crippen molar-refractivity contribution in [1.82, 2.24) is 9.55 Å². The molecule has 2 aromatic rings. The minimum Gasteiger partial charge on any atom is -0.364 e. The maximum absolute atomic E-state index is 13.7. The van der Waals surface area contributed by atoms with Crippen LogP contribution in [0.2, 0.25) is 0 Å². The minimum absolute atomic E-state index is 0.000351. The number of rotatable bonds is 2. The van der Waals surface area contributed by atoms with Crippen molar-refractivity contribution in [2.75, 3.05) is 5.75 Å². The van der Waals surface area contributed by atoms with E-state index in [9.17, 15) is 9.18 Å². The maximum Gasteiger partial charge on any atom is 0.267 e. The van der Waals surface area contributed by atoms with Gasteiger partial charge in [-0.25, -0.2) is 9.37 Å². The normalized spacial score (nSPS) is 16.7. The zero-order chi connectivity index (χ0) is 14.3. The quantitative estimate of drug-likeness (QED) is 0.911. The second-order valence-electron chi connectivity index (χ2n) is 4.34. The van der Waals surface area contributed by atoms with Gasteiger partial charge in [0, 0.05) is 5.75 Å². The summed E-state index contributed by atoms with van der Waals surface area (Å²) < 4.78 is 15.4. The molecule has 1 aromatic carbocycles. The summed E-state index contributed by atoms with van der Waals surface area (Å²) in [5.74, 6) is -0.482. The van der Waals surface area contributed by atoms with Crippen molar-refractivity contribution in [1.29, 1.82) is 5.26 Å². The lowest BCUT2D eigenvalue weighted by Crippen LogP contribution is -2.20. The third kappa shape index (κ3) is 1.85. The van der Waals surface area contributed by atoms with Gasteiger partial charge in [0.25, 0.3) is 5.91 Å². The lowest BCUT2D eigenvalue weighted by atomic mass is 10.1. The number of primary amides is 1. The summed E-state index contributed by atoms with van der Waals surface area (Å²) in [7, 11) is 0. The van der Waals surface area contributed by atoms with Crippen LogP contribution in [0.5, 0.6) is 0 Å². The highest BCUT2D eigenvalue weighted by Gasteiger charge is 2.29. The van der Waals surface area contributed by atoms with Gasteiger partial charge in [-0.3, -0.25) is 4.79 Å². The molecule has 0 radical (unpaired) electrons. The van der Waals surface area contributed by atoms with E-state index in [-0.39, 0.29) is 11.6 Å². The second-order valence-corrected chi connectivity index (χ2v) is 5.33. The number of fused-ring (bicyclic) bond motifs is 1. The molecule has 0 aliphatic carbocycles. The fourth-order valence-corrected chi connectivity index (χ4v) is 3.38. The van der Waals surface area contributed by atoms with Crippen LogP contribution in [0.15, 0.2) is 29.6 Å². The molecule has 20 heavy (non-hydrogen) atoms. The molecule has 0 saturated carbocycles. The van der Waals surface area contributed by atoms with Crippen LogP contribution < -0.4 is 5.73 Å². The average molecular weight is 288 g/mol. The first kappa shape index (κ1) is 12.7. The number of nitriles is 1. The van der Waals surface area contributed by atoms with Crippen LogP contribution in [0, 0.1) is 17.1 Å². The largest absolute Gasteiger partial charge is 0.364 e. The lowest BCUT2D eigenvalue weighted by molar-refractivity contribution is 0.0990. The van der Waals surface area contributed by atoms with E-state index < -0.39 is 11.7 Å². The van der Waals surface area contributed by atoms with Crippen LogP contribution in [0.25, 0.3) is 0 Å². The molecule has 1 aliphatic rings. The average Bonchev–Trinajstić information content (AvgIpc) is 2.99. The molecular weight excluding hydrogens is 279 g/mol. The lowest BCUT2D eigenvalue weighted by Gasteiger charge is -2.15. The number of halogens is 1. The number of hydrogen-bond acceptors (Lipinski definition) is 4. The Kier molecular flexibility index (Phi) is 2.95. The van der Waals surface area contributed by atoms with Crippen molar-refractivity contribution in [2.45, 2.75) is 11.2 Å². The van der Waals surface area contributed by atoms with Crippen LogP contribution in [0.3, 0.4) is 0 Å². The fourth-order valence-electron chi connectivity index (χ4n) is 2.24. The number of thioether (sulfide) groups is 1. The van der Waals surface area contributed by atoms with Crippen LogP contribution in [0.4, 0.5) is 4.39 Å². The second kappa shape index (κ2) is 4.65. The van der Waals surface area contributed by atoms with Gasteiger partial charge < -0.3 is 10.3 Å². The highest BCUT2D eigenvalue weighted by Crippen LogP contribution is 2.38. The van der Waals surface area contributed by atoms with Crippen molar-refractivity contribution in [3.63, 3.8) is 0 Å². The Bertz CT molecular complexity index is 749. The number of imidazole rings is 1. The fraction of sp³-hybridized carbons (Fsp3) is 0.154. The zero-order valence-electron chi connectivity index (χ0n) is 10.2. The smallest absolute Gasteiger partial charge is 0.267 e. The van der Waals surface area contributed by atoms with E-state index in [1.807, 2.05) is 0 Å². The van der Waals surface area contributed by atoms with E-state index in [2.05, 4.69) is 4.98 Å². The number of benzene rings is 1. The summed E-state index contributed by atoms with van der Waals surface area (Å²) in [6.07, 6.45) is 1.43. The molecule has 2 heterocycles.